The number of carbonyl (C=O) groups excluding carboxylic acids is 1. The molecule has 2 aliphatic heterocycles. The molecule has 80 valence electrons. The van der Waals surface area contributed by atoms with E-state index in [9.17, 15) is 4.79 Å². The Morgan fingerprint density at radius 1 is 1.57 bits per heavy atom. The maximum Gasteiger partial charge on any atom is 0.236 e. The van der Waals surface area contributed by atoms with E-state index in [-0.39, 0.29) is 18.5 Å². The lowest BCUT2D eigenvalue weighted by Gasteiger charge is -2.22. The van der Waals surface area contributed by atoms with Gasteiger partial charge in [0.25, 0.3) is 0 Å². The van der Waals surface area contributed by atoms with E-state index in [1.165, 1.54) is 0 Å². The number of nitrogens with two attached hydrogens (primary N) is 1. The van der Waals surface area contributed by atoms with E-state index >= 15 is 0 Å². The number of amides is 1. The summed E-state index contributed by atoms with van der Waals surface area (Å²) in [6, 6.07) is 0.157. The number of ether oxygens (including phenoxy) is 2. The van der Waals surface area contributed by atoms with Gasteiger partial charge < -0.3 is 20.1 Å². The molecule has 0 aromatic heterocycles. The van der Waals surface area contributed by atoms with Crippen molar-refractivity contribution in [3.63, 3.8) is 0 Å². The van der Waals surface area contributed by atoms with E-state index in [1.807, 2.05) is 6.92 Å². The highest BCUT2D eigenvalue weighted by atomic mass is 16.7. The van der Waals surface area contributed by atoms with Crippen molar-refractivity contribution in [2.24, 2.45) is 5.73 Å². The van der Waals surface area contributed by atoms with Crippen LogP contribution in [0.4, 0.5) is 0 Å². The van der Waals surface area contributed by atoms with Crippen molar-refractivity contribution in [2.45, 2.75) is 25.2 Å². The van der Waals surface area contributed by atoms with Gasteiger partial charge in [-0.05, 0) is 6.92 Å². The Hall–Kier alpha value is -0.650. The van der Waals surface area contributed by atoms with Crippen LogP contribution in [0.15, 0.2) is 0 Å². The number of hydrogen-bond donors (Lipinski definition) is 1. The lowest BCUT2D eigenvalue weighted by Crippen LogP contribution is -2.41. The Kier molecular flexibility index (Phi) is 2.47. The van der Waals surface area contributed by atoms with Gasteiger partial charge in [-0.15, -0.1) is 0 Å². The molecule has 0 unspecified atom stereocenters. The Balaban J connectivity index is 2.06. The molecule has 2 heterocycles. The molecule has 0 radical (unpaired) electrons. The molecule has 0 aromatic rings. The molecule has 0 aromatic carbocycles. The largest absolute Gasteiger partial charge is 0.346 e. The summed E-state index contributed by atoms with van der Waals surface area (Å²) in [6.07, 6.45) is 0.749. The number of nitrogens with zero attached hydrogens (tertiary/aromatic N) is 1. The molecule has 2 fully saturated rings. The SMILES string of the molecule is C[C@@H]1CC2(CN1C(=O)CN)OCCO2. The minimum absolute atomic E-state index is 0.0338. The summed E-state index contributed by atoms with van der Waals surface area (Å²) in [5.41, 5.74) is 5.33. The monoisotopic (exact) mass is 200 g/mol. The molecule has 1 atom stereocenters. The van der Waals surface area contributed by atoms with E-state index in [4.69, 9.17) is 15.2 Å². The van der Waals surface area contributed by atoms with Crippen LogP contribution in [0, 0.1) is 0 Å². The zero-order valence-corrected chi connectivity index (χ0v) is 8.36. The first-order valence-corrected chi connectivity index (χ1v) is 4.94. The Bertz CT molecular complexity index is 238. The molecule has 0 saturated carbocycles. The molecule has 2 N–H and O–H groups in total. The fourth-order valence-corrected chi connectivity index (χ4v) is 2.20. The molecule has 0 bridgehead atoms. The third-order valence-electron chi connectivity index (χ3n) is 2.86. The van der Waals surface area contributed by atoms with E-state index in [2.05, 4.69) is 0 Å². The molecule has 5 heteroatoms. The maximum absolute atomic E-state index is 11.5. The van der Waals surface area contributed by atoms with Gasteiger partial charge in [-0.25, -0.2) is 0 Å². The minimum Gasteiger partial charge on any atom is -0.346 e. The fraction of sp³-hybridized carbons (Fsp3) is 0.889. The first-order chi connectivity index (χ1) is 6.67. The lowest BCUT2D eigenvalue weighted by atomic mass is 10.2. The second kappa shape index (κ2) is 3.49. The molecule has 5 nitrogen and oxygen atoms in total. The van der Waals surface area contributed by atoms with Gasteiger partial charge in [0.05, 0.1) is 26.3 Å². The van der Waals surface area contributed by atoms with Crippen LogP contribution < -0.4 is 5.73 Å². The quantitative estimate of drug-likeness (QED) is 0.608. The van der Waals surface area contributed by atoms with E-state index in [0.29, 0.717) is 19.8 Å². The van der Waals surface area contributed by atoms with Crippen molar-refractivity contribution in [3.8, 4) is 0 Å². The Morgan fingerprint density at radius 2 is 2.21 bits per heavy atom. The van der Waals surface area contributed by atoms with Crippen LogP contribution in [0.25, 0.3) is 0 Å². The van der Waals surface area contributed by atoms with E-state index < -0.39 is 5.79 Å². The van der Waals surface area contributed by atoms with Crippen LogP contribution in [0.1, 0.15) is 13.3 Å². The molecule has 14 heavy (non-hydrogen) atoms. The summed E-state index contributed by atoms with van der Waals surface area (Å²) >= 11 is 0. The molecular formula is C9H16N2O3. The highest BCUT2D eigenvalue weighted by molar-refractivity contribution is 5.78. The van der Waals surface area contributed by atoms with Gasteiger partial charge in [-0.2, -0.15) is 0 Å². The Morgan fingerprint density at radius 3 is 2.79 bits per heavy atom. The smallest absolute Gasteiger partial charge is 0.236 e. The normalized spacial score (nSPS) is 30.1. The first kappa shape index (κ1) is 9.89. The van der Waals surface area contributed by atoms with Crippen LogP contribution >= 0.6 is 0 Å². The van der Waals surface area contributed by atoms with Gasteiger partial charge >= 0.3 is 0 Å². The molecular weight excluding hydrogens is 184 g/mol. The predicted octanol–water partition coefficient (Wildman–Crippen LogP) is -0.691. The fourth-order valence-electron chi connectivity index (χ4n) is 2.20. The minimum atomic E-state index is -0.537. The zero-order chi connectivity index (χ0) is 10.2. The van der Waals surface area contributed by atoms with Crippen molar-refractivity contribution >= 4 is 5.91 Å². The predicted molar refractivity (Wildman–Crippen MR) is 49.5 cm³/mol. The van der Waals surface area contributed by atoms with Gasteiger partial charge in [-0.3, -0.25) is 4.79 Å². The van der Waals surface area contributed by atoms with Crippen molar-refractivity contribution in [3.05, 3.63) is 0 Å². The summed E-state index contributed by atoms with van der Waals surface area (Å²) in [7, 11) is 0. The Labute approximate surface area is 83.1 Å². The van der Waals surface area contributed by atoms with Crippen LogP contribution in [0.5, 0.6) is 0 Å². The van der Waals surface area contributed by atoms with Gasteiger partial charge in [0, 0.05) is 12.5 Å². The second-order valence-corrected chi connectivity index (χ2v) is 3.89. The van der Waals surface area contributed by atoms with E-state index in [0.717, 1.165) is 6.42 Å². The van der Waals surface area contributed by atoms with Crippen LogP contribution in [-0.4, -0.2) is 48.9 Å². The summed E-state index contributed by atoms with van der Waals surface area (Å²) in [5.74, 6) is -0.571. The van der Waals surface area contributed by atoms with Crippen molar-refractivity contribution in [1.82, 2.24) is 4.90 Å². The summed E-state index contributed by atoms with van der Waals surface area (Å²) in [5, 5.41) is 0. The van der Waals surface area contributed by atoms with Crippen LogP contribution in [-0.2, 0) is 14.3 Å². The summed E-state index contributed by atoms with van der Waals surface area (Å²) in [4.78, 5) is 13.2. The van der Waals surface area contributed by atoms with Crippen LogP contribution in [0.2, 0.25) is 0 Å². The van der Waals surface area contributed by atoms with Gasteiger partial charge in [0.1, 0.15) is 0 Å². The number of hydrogen-bond acceptors (Lipinski definition) is 4. The van der Waals surface area contributed by atoms with Crippen molar-refractivity contribution in [1.29, 1.82) is 0 Å². The number of carbonyl (C=O) groups is 1. The topological polar surface area (TPSA) is 64.8 Å². The molecule has 1 spiro atoms. The molecule has 2 rings (SSSR count). The lowest BCUT2D eigenvalue weighted by molar-refractivity contribution is -0.151. The third-order valence-corrected chi connectivity index (χ3v) is 2.86. The highest BCUT2D eigenvalue weighted by Gasteiger charge is 2.48. The van der Waals surface area contributed by atoms with Gasteiger partial charge in [0.15, 0.2) is 5.79 Å². The van der Waals surface area contributed by atoms with Crippen LogP contribution in [0.3, 0.4) is 0 Å². The highest BCUT2D eigenvalue weighted by Crippen LogP contribution is 2.34. The average molecular weight is 200 g/mol. The number of likely N-dealkylation sites (tertiary alicyclic amines) is 1. The van der Waals surface area contributed by atoms with Crippen molar-refractivity contribution in [2.75, 3.05) is 26.3 Å². The molecule has 0 aliphatic carbocycles. The standard InChI is InChI=1S/C9H16N2O3/c1-7-4-9(13-2-3-14-9)6-11(7)8(12)5-10/h7H,2-6,10H2,1H3/t7-/m1/s1. The summed E-state index contributed by atoms with van der Waals surface area (Å²) < 4.78 is 11.1. The van der Waals surface area contributed by atoms with Gasteiger partial charge in [0.2, 0.25) is 5.91 Å². The first-order valence-electron chi connectivity index (χ1n) is 4.94. The third kappa shape index (κ3) is 1.51. The zero-order valence-electron chi connectivity index (χ0n) is 8.36. The number of rotatable bonds is 1. The molecule has 2 saturated heterocycles. The average Bonchev–Trinajstić information content (AvgIpc) is 2.74. The maximum atomic E-state index is 11.5. The molecule has 1 amide bonds. The van der Waals surface area contributed by atoms with E-state index in [1.54, 1.807) is 4.90 Å². The summed E-state index contributed by atoms with van der Waals surface area (Å²) in [6.45, 7) is 3.81. The van der Waals surface area contributed by atoms with Crippen molar-refractivity contribution < 1.29 is 14.3 Å². The second-order valence-electron chi connectivity index (χ2n) is 3.89. The van der Waals surface area contributed by atoms with Gasteiger partial charge in [-0.1, -0.05) is 0 Å². The molecule has 2 aliphatic rings.